The smallest absolute Gasteiger partial charge is 0.0701 e. The third-order valence-corrected chi connectivity index (χ3v) is 5.22. The van der Waals surface area contributed by atoms with Crippen molar-refractivity contribution < 1.29 is 0 Å². The maximum Gasteiger partial charge on any atom is 0.0701 e. The minimum atomic E-state index is 0.720. The van der Waals surface area contributed by atoms with E-state index >= 15 is 0 Å². The summed E-state index contributed by atoms with van der Waals surface area (Å²) in [5.41, 5.74) is 0. The maximum atomic E-state index is 3.71. The van der Waals surface area contributed by atoms with Crippen LogP contribution in [0.25, 0.3) is 0 Å². The predicted octanol–water partition coefficient (Wildman–Crippen LogP) is 4.42. The van der Waals surface area contributed by atoms with Crippen molar-refractivity contribution in [1.29, 1.82) is 0 Å². The molecule has 3 heteroatoms. The van der Waals surface area contributed by atoms with Crippen molar-refractivity contribution in [3.05, 3.63) is 20.8 Å². The Labute approximate surface area is 111 Å². The summed E-state index contributed by atoms with van der Waals surface area (Å²) in [6.45, 7) is 5.79. The molecule has 0 aromatic carbocycles. The second kappa shape index (κ2) is 5.65. The maximum absolute atomic E-state index is 3.71. The highest BCUT2D eigenvalue weighted by Gasteiger charge is 2.24. The molecular formula is C13H20BrNS. The van der Waals surface area contributed by atoms with Gasteiger partial charge < -0.3 is 5.32 Å². The fourth-order valence-corrected chi connectivity index (χ4v) is 4.08. The molecule has 1 aliphatic carbocycles. The second-order valence-electron chi connectivity index (χ2n) is 5.09. The molecule has 1 saturated carbocycles. The highest BCUT2D eigenvalue weighted by atomic mass is 79.9. The Morgan fingerprint density at radius 3 is 2.81 bits per heavy atom. The quantitative estimate of drug-likeness (QED) is 0.871. The number of halogens is 1. The van der Waals surface area contributed by atoms with E-state index in [1.807, 2.05) is 11.3 Å². The average molecular weight is 302 g/mol. The molecule has 0 bridgehead atoms. The molecule has 1 heterocycles. The lowest BCUT2D eigenvalue weighted by atomic mass is 9.80. The molecule has 3 unspecified atom stereocenters. The Morgan fingerprint density at radius 2 is 2.19 bits per heavy atom. The molecular weight excluding hydrogens is 282 g/mol. The highest BCUT2D eigenvalue weighted by Crippen LogP contribution is 2.29. The van der Waals surface area contributed by atoms with Gasteiger partial charge in [-0.2, -0.15) is 0 Å². The van der Waals surface area contributed by atoms with Crippen molar-refractivity contribution in [3.63, 3.8) is 0 Å². The summed E-state index contributed by atoms with van der Waals surface area (Å²) >= 11 is 5.34. The Bertz CT molecular complexity index is 336. The zero-order valence-corrected chi connectivity index (χ0v) is 12.4. The Kier molecular flexibility index (Phi) is 4.45. The van der Waals surface area contributed by atoms with Gasteiger partial charge in [0.05, 0.1) is 3.79 Å². The van der Waals surface area contributed by atoms with Crippen LogP contribution in [0.5, 0.6) is 0 Å². The molecule has 0 radical (unpaired) electrons. The number of hydrogen-bond donors (Lipinski definition) is 1. The Hall–Kier alpha value is 0.140. The molecule has 16 heavy (non-hydrogen) atoms. The van der Waals surface area contributed by atoms with Gasteiger partial charge in [0, 0.05) is 17.5 Å². The molecule has 1 nitrogen and oxygen atoms in total. The van der Waals surface area contributed by atoms with E-state index in [2.05, 4.69) is 47.2 Å². The lowest BCUT2D eigenvalue weighted by molar-refractivity contribution is 0.227. The van der Waals surface area contributed by atoms with Gasteiger partial charge in [0.1, 0.15) is 0 Å². The van der Waals surface area contributed by atoms with Gasteiger partial charge in [-0.05, 0) is 59.2 Å². The van der Waals surface area contributed by atoms with Crippen molar-refractivity contribution >= 4 is 27.3 Å². The first kappa shape index (κ1) is 12.6. The summed E-state index contributed by atoms with van der Waals surface area (Å²) in [4.78, 5) is 1.43. The van der Waals surface area contributed by atoms with Crippen LogP contribution in [0.2, 0.25) is 0 Å². The van der Waals surface area contributed by atoms with E-state index in [0.29, 0.717) is 0 Å². The molecule has 90 valence electrons. The van der Waals surface area contributed by atoms with Crippen LogP contribution in [0.15, 0.2) is 15.9 Å². The van der Waals surface area contributed by atoms with Crippen LogP contribution in [-0.4, -0.2) is 6.04 Å². The van der Waals surface area contributed by atoms with Crippen LogP contribution in [-0.2, 0) is 6.54 Å². The van der Waals surface area contributed by atoms with Crippen molar-refractivity contribution in [2.45, 2.75) is 45.7 Å². The summed E-state index contributed by atoms with van der Waals surface area (Å²) in [7, 11) is 0. The third-order valence-electron chi connectivity index (χ3n) is 3.60. The molecule has 1 aliphatic rings. The summed E-state index contributed by atoms with van der Waals surface area (Å²) in [6, 6.07) is 5.06. The normalized spacial score (nSPS) is 30.6. The zero-order valence-electron chi connectivity index (χ0n) is 10.0. The van der Waals surface area contributed by atoms with Gasteiger partial charge in [-0.3, -0.25) is 0 Å². The Morgan fingerprint density at radius 1 is 1.38 bits per heavy atom. The van der Waals surface area contributed by atoms with E-state index in [1.165, 1.54) is 27.9 Å². The summed E-state index contributed by atoms with van der Waals surface area (Å²) < 4.78 is 1.23. The van der Waals surface area contributed by atoms with Crippen LogP contribution < -0.4 is 5.32 Å². The van der Waals surface area contributed by atoms with Gasteiger partial charge >= 0.3 is 0 Å². The lowest BCUT2D eigenvalue weighted by Crippen LogP contribution is -2.38. The molecule has 0 spiro atoms. The highest BCUT2D eigenvalue weighted by molar-refractivity contribution is 9.11. The van der Waals surface area contributed by atoms with Crippen molar-refractivity contribution in [2.75, 3.05) is 0 Å². The standard InChI is InChI=1S/C13H20BrNS/c1-9-3-5-12(10(2)7-9)15-8-11-4-6-13(14)16-11/h4,6,9-10,12,15H,3,5,7-8H2,1-2H3. The average Bonchev–Trinajstić information content (AvgIpc) is 2.63. The SMILES string of the molecule is CC1CCC(NCc2ccc(Br)s2)C(C)C1. The zero-order chi connectivity index (χ0) is 11.5. The molecule has 0 saturated heterocycles. The lowest BCUT2D eigenvalue weighted by Gasteiger charge is -2.33. The fraction of sp³-hybridized carbons (Fsp3) is 0.692. The van der Waals surface area contributed by atoms with Gasteiger partial charge in [0.2, 0.25) is 0 Å². The van der Waals surface area contributed by atoms with Crippen molar-refractivity contribution in [1.82, 2.24) is 5.32 Å². The molecule has 1 aromatic heterocycles. The van der Waals surface area contributed by atoms with Crippen LogP contribution in [0, 0.1) is 11.8 Å². The first-order valence-corrected chi connectivity index (χ1v) is 7.73. The van der Waals surface area contributed by atoms with Crippen LogP contribution in [0.1, 0.15) is 38.0 Å². The van der Waals surface area contributed by atoms with Crippen LogP contribution >= 0.6 is 27.3 Å². The van der Waals surface area contributed by atoms with Crippen molar-refractivity contribution in [2.24, 2.45) is 11.8 Å². The third kappa shape index (κ3) is 3.31. The molecule has 1 N–H and O–H groups in total. The van der Waals surface area contributed by atoms with E-state index in [-0.39, 0.29) is 0 Å². The topological polar surface area (TPSA) is 12.0 Å². The summed E-state index contributed by atoms with van der Waals surface area (Å²) in [5, 5.41) is 3.71. The molecule has 0 aliphatic heterocycles. The van der Waals surface area contributed by atoms with E-state index in [4.69, 9.17) is 0 Å². The molecule has 1 aromatic rings. The van der Waals surface area contributed by atoms with Crippen LogP contribution in [0.3, 0.4) is 0 Å². The largest absolute Gasteiger partial charge is 0.309 e. The first-order chi connectivity index (χ1) is 7.65. The van der Waals surface area contributed by atoms with E-state index in [0.717, 1.165) is 24.4 Å². The molecule has 2 rings (SSSR count). The van der Waals surface area contributed by atoms with Gasteiger partial charge in [0.15, 0.2) is 0 Å². The van der Waals surface area contributed by atoms with Gasteiger partial charge in [0.25, 0.3) is 0 Å². The van der Waals surface area contributed by atoms with Gasteiger partial charge in [-0.25, -0.2) is 0 Å². The monoisotopic (exact) mass is 301 g/mol. The molecule has 0 amide bonds. The second-order valence-corrected chi connectivity index (χ2v) is 7.64. The van der Waals surface area contributed by atoms with Crippen molar-refractivity contribution in [3.8, 4) is 0 Å². The van der Waals surface area contributed by atoms with E-state index in [1.54, 1.807) is 0 Å². The van der Waals surface area contributed by atoms with E-state index in [9.17, 15) is 0 Å². The summed E-state index contributed by atoms with van der Waals surface area (Å²) in [6.07, 6.45) is 4.11. The first-order valence-electron chi connectivity index (χ1n) is 6.12. The number of nitrogens with one attached hydrogen (secondary N) is 1. The number of rotatable bonds is 3. The van der Waals surface area contributed by atoms with Gasteiger partial charge in [-0.1, -0.05) is 13.8 Å². The van der Waals surface area contributed by atoms with E-state index < -0.39 is 0 Å². The summed E-state index contributed by atoms with van der Waals surface area (Å²) in [5.74, 6) is 1.75. The molecule has 3 atom stereocenters. The fourth-order valence-electron chi connectivity index (χ4n) is 2.65. The number of thiophene rings is 1. The van der Waals surface area contributed by atoms with Gasteiger partial charge in [-0.15, -0.1) is 11.3 Å². The predicted molar refractivity (Wildman–Crippen MR) is 74.8 cm³/mol. The minimum absolute atomic E-state index is 0.720. The molecule has 1 fully saturated rings. The Balaban J connectivity index is 1.81. The minimum Gasteiger partial charge on any atom is -0.309 e. The number of hydrogen-bond acceptors (Lipinski definition) is 2. The van der Waals surface area contributed by atoms with Crippen LogP contribution in [0.4, 0.5) is 0 Å².